The lowest BCUT2D eigenvalue weighted by atomic mass is 10.1. The number of hydrogen-bond donors (Lipinski definition) is 4. The number of phenols is 4. The minimum absolute atomic E-state index is 0.0643. The van der Waals surface area contributed by atoms with Gasteiger partial charge in [-0.1, -0.05) is 0 Å². The van der Waals surface area contributed by atoms with Crippen molar-refractivity contribution in [3.05, 3.63) is 22.7 Å². The summed E-state index contributed by atoms with van der Waals surface area (Å²) in [6.45, 7) is 0. The normalized spacial score (nSPS) is 12.3. The standard InChI is InChI=1S/C13H10BrNO6S/c1-22(20,21)15-7-4-9(17)8(16)2-5(7)11-6(14)3-10(18)13(19)12(11)15/h2-4,16-19H,1H3. The topological polar surface area (TPSA) is 120 Å². The fourth-order valence-corrected chi connectivity index (χ4v) is 4.10. The maximum atomic E-state index is 12.1. The Labute approximate surface area is 132 Å². The maximum Gasteiger partial charge on any atom is 0.236 e. The quantitative estimate of drug-likeness (QED) is 0.475. The molecule has 7 nitrogen and oxygen atoms in total. The Hall–Kier alpha value is -2.13. The van der Waals surface area contributed by atoms with Crippen LogP contribution in [0.2, 0.25) is 0 Å². The van der Waals surface area contributed by atoms with Crippen LogP contribution in [-0.2, 0) is 10.0 Å². The minimum atomic E-state index is -3.87. The molecule has 4 N–H and O–H groups in total. The second-order valence-corrected chi connectivity index (χ2v) is 7.52. The van der Waals surface area contributed by atoms with Gasteiger partial charge in [-0.2, -0.15) is 0 Å². The number of rotatable bonds is 1. The summed E-state index contributed by atoms with van der Waals surface area (Å²) >= 11 is 3.20. The van der Waals surface area contributed by atoms with Gasteiger partial charge in [-0.05, 0) is 28.1 Å². The molecule has 0 amide bonds. The van der Waals surface area contributed by atoms with Crippen molar-refractivity contribution in [3.63, 3.8) is 0 Å². The number of hydrogen-bond acceptors (Lipinski definition) is 6. The van der Waals surface area contributed by atoms with Gasteiger partial charge in [-0.15, -0.1) is 0 Å². The Bertz CT molecular complexity index is 1050. The zero-order chi connectivity index (χ0) is 16.4. The third-order valence-electron chi connectivity index (χ3n) is 3.32. The molecule has 0 fully saturated rings. The molecule has 0 spiro atoms. The van der Waals surface area contributed by atoms with Gasteiger partial charge in [-0.25, -0.2) is 12.4 Å². The van der Waals surface area contributed by atoms with E-state index in [0.29, 0.717) is 4.47 Å². The van der Waals surface area contributed by atoms with Gasteiger partial charge in [0, 0.05) is 21.3 Å². The Morgan fingerprint density at radius 1 is 1.00 bits per heavy atom. The van der Waals surface area contributed by atoms with Crippen LogP contribution in [-0.4, -0.2) is 39.1 Å². The molecule has 0 atom stereocenters. The number of aromatic hydroxyl groups is 4. The molecule has 3 aromatic rings. The van der Waals surface area contributed by atoms with Crippen LogP contribution in [0.3, 0.4) is 0 Å². The number of benzene rings is 2. The number of phenolic OH excluding ortho intramolecular Hbond substituents is 4. The molecule has 2 aromatic carbocycles. The first kappa shape index (κ1) is 14.8. The summed E-state index contributed by atoms with van der Waals surface area (Å²) in [7, 11) is -3.87. The van der Waals surface area contributed by atoms with Gasteiger partial charge in [0.2, 0.25) is 10.0 Å². The third kappa shape index (κ3) is 1.89. The van der Waals surface area contributed by atoms with E-state index in [1.807, 2.05) is 0 Å². The van der Waals surface area contributed by atoms with Crippen molar-refractivity contribution in [1.29, 1.82) is 0 Å². The molecule has 3 rings (SSSR count). The van der Waals surface area contributed by atoms with Crippen LogP contribution in [0.15, 0.2) is 22.7 Å². The van der Waals surface area contributed by atoms with Gasteiger partial charge < -0.3 is 20.4 Å². The lowest BCUT2D eigenvalue weighted by molar-refractivity contribution is 0.405. The summed E-state index contributed by atoms with van der Waals surface area (Å²) in [6.07, 6.45) is 0.924. The van der Waals surface area contributed by atoms with Gasteiger partial charge in [-0.3, -0.25) is 0 Å². The zero-order valence-electron chi connectivity index (χ0n) is 11.1. The van der Waals surface area contributed by atoms with E-state index < -0.39 is 33.0 Å². The number of fused-ring (bicyclic) bond motifs is 3. The van der Waals surface area contributed by atoms with Crippen LogP contribution in [0, 0.1) is 0 Å². The van der Waals surface area contributed by atoms with Crippen molar-refractivity contribution < 1.29 is 28.8 Å². The van der Waals surface area contributed by atoms with Crippen molar-refractivity contribution in [3.8, 4) is 23.0 Å². The molecule has 0 aliphatic rings. The van der Waals surface area contributed by atoms with Crippen LogP contribution in [0.4, 0.5) is 0 Å². The molecule has 0 aliphatic carbocycles. The van der Waals surface area contributed by atoms with E-state index in [0.717, 1.165) is 16.3 Å². The molecule has 0 unspecified atom stereocenters. The number of aromatic nitrogens is 1. The van der Waals surface area contributed by atoms with E-state index in [9.17, 15) is 28.8 Å². The summed E-state index contributed by atoms with van der Waals surface area (Å²) in [4.78, 5) is 0. The largest absolute Gasteiger partial charge is 0.504 e. The highest BCUT2D eigenvalue weighted by Gasteiger charge is 2.25. The highest BCUT2D eigenvalue weighted by molar-refractivity contribution is 9.10. The van der Waals surface area contributed by atoms with Crippen LogP contribution in [0.5, 0.6) is 23.0 Å². The smallest absolute Gasteiger partial charge is 0.236 e. The highest BCUT2D eigenvalue weighted by Crippen LogP contribution is 2.46. The molecule has 0 bridgehead atoms. The average molecular weight is 388 g/mol. The Morgan fingerprint density at radius 2 is 1.59 bits per heavy atom. The molecule has 0 saturated carbocycles. The first-order valence-corrected chi connectivity index (χ1v) is 8.58. The second-order valence-electron chi connectivity index (χ2n) is 4.84. The van der Waals surface area contributed by atoms with Crippen LogP contribution >= 0.6 is 15.9 Å². The lowest BCUT2D eigenvalue weighted by Gasteiger charge is -2.07. The Kier molecular flexibility index (Phi) is 2.98. The summed E-state index contributed by atoms with van der Waals surface area (Å²) in [6, 6.07) is 3.48. The van der Waals surface area contributed by atoms with Crippen molar-refractivity contribution >= 4 is 47.8 Å². The molecule has 1 heterocycles. The SMILES string of the molecule is CS(=O)(=O)n1c2cc(O)c(O)cc2c2c(Br)cc(O)c(O)c21. The number of nitrogens with zero attached hydrogens (tertiary/aromatic N) is 1. The van der Waals surface area contributed by atoms with Crippen molar-refractivity contribution in [2.45, 2.75) is 0 Å². The van der Waals surface area contributed by atoms with E-state index in [1.165, 1.54) is 12.1 Å². The number of halogens is 1. The molecule has 0 radical (unpaired) electrons. The van der Waals surface area contributed by atoms with Gasteiger partial charge in [0.15, 0.2) is 23.0 Å². The molecule has 116 valence electrons. The lowest BCUT2D eigenvalue weighted by Crippen LogP contribution is -2.09. The molecule has 0 saturated heterocycles. The minimum Gasteiger partial charge on any atom is -0.504 e. The van der Waals surface area contributed by atoms with Gasteiger partial charge in [0.25, 0.3) is 0 Å². The van der Waals surface area contributed by atoms with E-state index in [4.69, 9.17) is 0 Å². The second kappa shape index (κ2) is 4.43. The first-order valence-electron chi connectivity index (χ1n) is 5.94. The maximum absolute atomic E-state index is 12.1. The van der Waals surface area contributed by atoms with Crippen LogP contribution < -0.4 is 0 Å². The Morgan fingerprint density at radius 3 is 2.18 bits per heavy atom. The van der Waals surface area contributed by atoms with E-state index >= 15 is 0 Å². The van der Waals surface area contributed by atoms with Crippen molar-refractivity contribution in [2.24, 2.45) is 0 Å². The first-order chi connectivity index (χ1) is 10.1. The molecule has 1 aromatic heterocycles. The van der Waals surface area contributed by atoms with Crippen LogP contribution in [0.25, 0.3) is 21.8 Å². The fraction of sp³-hybridized carbons (Fsp3) is 0.0769. The predicted molar refractivity (Wildman–Crippen MR) is 84.0 cm³/mol. The molecular formula is C13H10BrNO6S. The molecule has 9 heteroatoms. The molecule has 0 aliphatic heterocycles. The average Bonchev–Trinajstić information content (AvgIpc) is 2.71. The van der Waals surface area contributed by atoms with Gasteiger partial charge in [0.1, 0.15) is 5.52 Å². The predicted octanol–water partition coefficient (Wildman–Crippen LogP) is 2.19. The summed E-state index contributed by atoms with van der Waals surface area (Å²) in [5.74, 6) is -2.04. The van der Waals surface area contributed by atoms with Crippen molar-refractivity contribution in [2.75, 3.05) is 6.26 Å². The summed E-state index contributed by atoms with van der Waals surface area (Å²) < 4.78 is 25.3. The third-order valence-corrected chi connectivity index (χ3v) is 4.99. The van der Waals surface area contributed by atoms with Crippen molar-refractivity contribution in [1.82, 2.24) is 3.97 Å². The fourth-order valence-electron chi connectivity index (χ4n) is 2.47. The summed E-state index contributed by atoms with van der Waals surface area (Å²) in [5, 5.41) is 39.7. The van der Waals surface area contributed by atoms with Gasteiger partial charge >= 0.3 is 0 Å². The summed E-state index contributed by atoms with van der Waals surface area (Å²) in [5.41, 5.74) is -0.0798. The van der Waals surface area contributed by atoms with E-state index in [1.54, 1.807) is 0 Å². The zero-order valence-corrected chi connectivity index (χ0v) is 13.5. The highest BCUT2D eigenvalue weighted by atomic mass is 79.9. The molecule has 22 heavy (non-hydrogen) atoms. The van der Waals surface area contributed by atoms with E-state index in [2.05, 4.69) is 15.9 Å². The van der Waals surface area contributed by atoms with Gasteiger partial charge in [0.05, 0.1) is 11.8 Å². The Balaban J connectivity index is 2.78. The van der Waals surface area contributed by atoms with Crippen LogP contribution in [0.1, 0.15) is 0 Å². The van der Waals surface area contributed by atoms with E-state index in [-0.39, 0.29) is 21.8 Å². The monoisotopic (exact) mass is 387 g/mol. The molecular weight excluding hydrogens is 378 g/mol.